The second-order valence-corrected chi connectivity index (χ2v) is 9.75. The molecule has 0 aromatic heterocycles. The Kier molecular flexibility index (Phi) is 6.64. The van der Waals surface area contributed by atoms with E-state index >= 15 is 0 Å². The smallest absolute Gasteiger partial charge is 0.338 e. The van der Waals surface area contributed by atoms with Gasteiger partial charge in [-0.05, 0) is 64.8 Å². The monoisotopic (exact) mass is 396 g/mol. The molecule has 1 aliphatic heterocycles. The van der Waals surface area contributed by atoms with Crippen LogP contribution in [0.3, 0.4) is 0 Å². The predicted octanol–water partition coefficient (Wildman–Crippen LogP) is 2.32. The molecule has 1 fully saturated rings. The fourth-order valence-corrected chi connectivity index (χ4v) is 4.70. The van der Waals surface area contributed by atoms with Crippen LogP contribution in [-0.4, -0.2) is 49.3 Å². The Morgan fingerprint density at radius 3 is 2.37 bits per heavy atom. The third kappa shape index (κ3) is 5.77. The zero-order valence-electron chi connectivity index (χ0n) is 16.3. The molecule has 0 spiro atoms. The highest BCUT2D eigenvalue weighted by molar-refractivity contribution is 7.89. The molecule has 1 aliphatic rings. The molecule has 0 saturated carbocycles. The van der Waals surface area contributed by atoms with Crippen LogP contribution in [0.25, 0.3) is 0 Å². The van der Waals surface area contributed by atoms with Gasteiger partial charge in [0.05, 0.1) is 10.5 Å². The molecule has 8 heteroatoms. The first kappa shape index (κ1) is 21.4. The van der Waals surface area contributed by atoms with E-state index in [1.54, 1.807) is 0 Å². The maximum Gasteiger partial charge on any atom is 0.338 e. The van der Waals surface area contributed by atoms with Crippen LogP contribution in [0.1, 0.15) is 57.3 Å². The van der Waals surface area contributed by atoms with Crippen molar-refractivity contribution in [2.24, 2.45) is 0 Å². The Morgan fingerprint density at radius 1 is 1.19 bits per heavy atom. The molecule has 150 valence electrons. The van der Waals surface area contributed by atoms with E-state index in [9.17, 15) is 18.0 Å². The molecule has 0 radical (unpaired) electrons. The lowest BCUT2D eigenvalue weighted by atomic mass is 10.1. The Balaban J connectivity index is 2.02. The van der Waals surface area contributed by atoms with E-state index in [2.05, 4.69) is 5.32 Å². The number of amides is 1. The van der Waals surface area contributed by atoms with Crippen LogP contribution in [0.5, 0.6) is 0 Å². The van der Waals surface area contributed by atoms with Gasteiger partial charge < -0.3 is 10.1 Å². The topological polar surface area (TPSA) is 92.8 Å². The summed E-state index contributed by atoms with van der Waals surface area (Å²) in [7, 11) is -3.58. The van der Waals surface area contributed by atoms with Crippen LogP contribution in [0.15, 0.2) is 29.2 Å². The quantitative estimate of drug-likeness (QED) is 0.771. The van der Waals surface area contributed by atoms with Gasteiger partial charge in [-0.25, -0.2) is 13.2 Å². The van der Waals surface area contributed by atoms with Crippen LogP contribution in [0.2, 0.25) is 0 Å². The summed E-state index contributed by atoms with van der Waals surface area (Å²) >= 11 is 0. The third-order valence-electron chi connectivity index (χ3n) is 4.29. The van der Waals surface area contributed by atoms with Gasteiger partial charge in [0.2, 0.25) is 10.0 Å². The molecule has 7 nitrogen and oxygen atoms in total. The van der Waals surface area contributed by atoms with E-state index in [1.165, 1.54) is 28.6 Å². The zero-order chi connectivity index (χ0) is 20.2. The Labute approximate surface area is 161 Å². The Morgan fingerprint density at radius 2 is 1.81 bits per heavy atom. The summed E-state index contributed by atoms with van der Waals surface area (Å²) in [6.45, 7) is 7.52. The fraction of sp³-hybridized carbons (Fsp3) is 0.579. The number of ether oxygens (including phenoxy) is 1. The molecule has 0 aliphatic carbocycles. The number of carbonyl (C=O) groups is 2. The molecule has 0 bridgehead atoms. The lowest BCUT2D eigenvalue weighted by Crippen LogP contribution is -2.42. The maximum absolute atomic E-state index is 12.8. The highest BCUT2D eigenvalue weighted by Gasteiger charge is 2.31. The third-order valence-corrected chi connectivity index (χ3v) is 6.32. The van der Waals surface area contributed by atoms with Gasteiger partial charge >= 0.3 is 5.97 Å². The first-order valence-electron chi connectivity index (χ1n) is 9.11. The van der Waals surface area contributed by atoms with Crippen molar-refractivity contribution in [2.45, 2.75) is 63.4 Å². The number of hydrogen-bond donors (Lipinski definition) is 1. The normalized spacial score (nSPS) is 18.7. The highest BCUT2D eigenvalue weighted by atomic mass is 32.2. The molecule has 1 N–H and O–H groups in total. The van der Waals surface area contributed by atoms with Crippen molar-refractivity contribution in [3.8, 4) is 0 Å². The molecular weight excluding hydrogens is 368 g/mol. The van der Waals surface area contributed by atoms with E-state index in [4.69, 9.17) is 4.74 Å². The summed E-state index contributed by atoms with van der Waals surface area (Å²) in [6.07, 6.45) is 2.73. The minimum absolute atomic E-state index is 0.0327. The van der Waals surface area contributed by atoms with Crippen molar-refractivity contribution < 1.29 is 22.7 Å². The first-order valence-corrected chi connectivity index (χ1v) is 10.5. The Bertz CT molecular complexity index is 781. The molecular formula is C19H28N2O5S. The molecule has 1 atom stereocenters. The molecule has 27 heavy (non-hydrogen) atoms. The van der Waals surface area contributed by atoms with E-state index < -0.39 is 27.4 Å². The van der Waals surface area contributed by atoms with E-state index in [1.807, 2.05) is 27.7 Å². The second kappa shape index (κ2) is 8.39. The van der Waals surface area contributed by atoms with Crippen molar-refractivity contribution in [3.05, 3.63) is 29.8 Å². The number of rotatable bonds is 5. The van der Waals surface area contributed by atoms with Crippen molar-refractivity contribution in [1.82, 2.24) is 9.62 Å². The maximum atomic E-state index is 12.8. The minimum atomic E-state index is -3.58. The van der Waals surface area contributed by atoms with Gasteiger partial charge in [-0.1, -0.05) is 6.42 Å². The summed E-state index contributed by atoms with van der Waals surface area (Å²) in [5.74, 6) is -1.07. The molecule has 1 aromatic rings. The minimum Gasteiger partial charge on any atom is -0.452 e. The molecule has 1 heterocycles. The number of piperidine rings is 1. The van der Waals surface area contributed by atoms with Crippen molar-refractivity contribution in [2.75, 3.05) is 13.2 Å². The highest BCUT2D eigenvalue weighted by Crippen LogP contribution is 2.25. The lowest BCUT2D eigenvalue weighted by molar-refractivity contribution is -0.125. The van der Waals surface area contributed by atoms with Gasteiger partial charge in [-0.15, -0.1) is 0 Å². The van der Waals surface area contributed by atoms with Crippen LogP contribution in [0.4, 0.5) is 0 Å². The van der Waals surface area contributed by atoms with Gasteiger partial charge in [0.15, 0.2) is 6.61 Å². The number of benzene rings is 1. The fourth-order valence-electron chi connectivity index (χ4n) is 3.00. The molecule has 0 unspecified atom stereocenters. The lowest BCUT2D eigenvalue weighted by Gasteiger charge is -2.32. The van der Waals surface area contributed by atoms with E-state index in [-0.39, 0.29) is 23.1 Å². The SMILES string of the molecule is C[C@H]1CCCCN1S(=O)(=O)c1ccc(C(=O)OCC(=O)NC(C)(C)C)cc1. The molecule has 1 saturated heterocycles. The standard InChI is InChI=1S/C19H28N2O5S/c1-14-7-5-6-12-21(14)27(24,25)16-10-8-15(9-11-16)18(23)26-13-17(22)20-19(2,3)4/h8-11,14H,5-7,12-13H2,1-4H3,(H,20,22)/t14-/m0/s1. The van der Waals surface area contributed by atoms with Crippen molar-refractivity contribution in [1.29, 1.82) is 0 Å². The van der Waals surface area contributed by atoms with E-state index in [0.717, 1.165) is 19.3 Å². The summed E-state index contributed by atoms with van der Waals surface area (Å²) < 4.78 is 32.1. The molecule has 1 amide bonds. The van der Waals surface area contributed by atoms with Gasteiger partial charge in [-0.3, -0.25) is 4.79 Å². The van der Waals surface area contributed by atoms with Crippen molar-refractivity contribution in [3.63, 3.8) is 0 Å². The second-order valence-electron chi connectivity index (χ2n) is 7.86. The first-order chi connectivity index (χ1) is 12.5. The number of carbonyl (C=O) groups excluding carboxylic acids is 2. The number of sulfonamides is 1. The summed E-state index contributed by atoms with van der Waals surface area (Å²) in [6, 6.07) is 5.59. The van der Waals surface area contributed by atoms with Crippen LogP contribution >= 0.6 is 0 Å². The van der Waals surface area contributed by atoms with Crippen LogP contribution in [-0.2, 0) is 19.6 Å². The van der Waals surface area contributed by atoms with Gasteiger partial charge in [0.25, 0.3) is 5.91 Å². The van der Waals surface area contributed by atoms with Crippen molar-refractivity contribution >= 4 is 21.9 Å². The Hall–Kier alpha value is -1.93. The average Bonchev–Trinajstić information content (AvgIpc) is 2.58. The largest absolute Gasteiger partial charge is 0.452 e. The van der Waals surface area contributed by atoms with Gasteiger partial charge in [0.1, 0.15) is 0 Å². The number of hydrogen-bond acceptors (Lipinski definition) is 5. The molecule has 2 rings (SSSR count). The van der Waals surface area contributed by atoms with Gasteiger partial charge in [0, 0.05) is 18.1 Å². The summed E-state index contributed by atoms with van der Waals surface area (Å²) in [5, 5.41) is 2.69. The summed E-state index contributed by atoms with van der Waals surface area (Å²) in [5.41, 5.74) is -0.213. The molecule has 1 aromatic carbocycles. The predicted molar refractivity (Wildman–Crippen MR) is 102 cm³/mol. The van der Waals surface area contributed by atoms with Gasteiger partial charge in [-0.2, -0.15) is 4.31 Å². The number of nitrogens with zero attached hydrogens (tertiary/aromatic N) is 1. The van der Waals surface area contributed by atoms with Crippen LogP contribution < -0.4 is 5.32 Å². The number of esters is 1. The van der Waals surface area contributed by atoms with E-state index in [0.29, 0.717) is 6.54 Å². The average molecular weight is 397 g/mol. The zero-order valence-corrected chi connectivity index (χ0v) is 17.1. The summed E-state index contributed by atoms with van der Waals surface area (Å²) in [4.78, 5) is 23.9. The number of nitrogens with one attached hydrogen (secondary N) is 1. The van der Waals surface area contributed by atoms with Crippen LogP contribution in [0, 0.1) is 0 Å².